The predicted molar refractivity (Wildman–Crippen MR) is 117 cm³/mol. The van der Waals surface area contributed by atoms with Crippen molar-refractivity contribution in [2.75, 3.05) is 13.2 Å². The molecule has 0 unspecified atom stereocenters. The number of amides is 2. The molecule has 3 aromatic heterocycles. The number of hydrogen-bond donors (Lipinski definition) is 3. The van der Waals surface area contributed by atoms with Gasteiger partial charge >= 0.3 is 0 Å². The van der Waals surface area contributed by atoms with Gasteiger partial charge in [-0.3, -0.25) is 9.59 Å². The standard InChI is InChI=1S/C20H22N4O4S2/c1-4-12-9-23-30-17(12)15-10(2)16(18(21)26)29-20(15)28-14-6-5-13(24-11(14)3)19(27)22-7-8-25/h5-6,9,25H,4,7-8H2,1-3H3,(H2,21,26)(H,22,27). The first-order valence-electron chi connectivity index (χ1n) is 9.29. The summed E-state index contributed by atoms with van der Waals surface area (Å²) in [5.41, 5.74) is 8.93. The number of ether oxygens (including phenoxy) is 1. The molecule has 2 amide bonds. The van der Waals surface area contributed by atoms with Gasteiger partial charge in [0, 0.05) is 12.7 Å². The van der Waals surface area contributed by atoms with Crippen molar-refractivity contribution in [3.05, 3.63) is 45.7 Å². The monoisotopic (exact) mass is 446 g/mol. The molecule has 3 rings (SSSR count). The van der Waals surface area contributed by atoms with Gasteiger partial charge in [0.25, 0.3) is 11.8 Å². The number of aliphatic hydroxyl groups excluding tert-OH is 1. The van der Waals surface area contributed by atoms with E-state index in [1.165, 1.54) is 22.9 Å². The molecule has 3 heterocycles. The van der Waals surface area contributed by atoms with E-state index in [4.69, 9.17) is 15.6 Å². The van der Waals surface area contributed by atoms with E-state index >= 15 is 0 Å². The third-order valence-corrected chi connectivity index (χ3v) is 6.50. The molecule has 4 N–H and O–H groups in total. The zero-order chi connectivity index (χ0) is 21.8. The summed E-state index contributed by atoms with van der Waals surface area (Å²) in [6, 6.07) is 3.21. The molecule has 8 nitrogen and oxygen atoms in total. The Balaban J connectivity index is 2.00. The molecular formula is C20H22N4O4S2. The lowest BCUT2D eigenvalue weighted by Crippen LogP contribution is -2.27. The van der Waals surface area contributed by atoms with Crippen LogP contribution >= 0.6 is 22.9 Å². The average molecular weight is 447 g/mol. The van der Waals surface area contributed by atoms with Crippen LogP contribution in [0, 0.1) is 13.8 Å². The lowest BCUT2D eigenvalue weighted by atomic mass is 10.1. The molecule has 0 aliphatic rings. The maximum absolute atomic E-state index is 12.0. The van der Waals surface area contributed by atoms with Crippen LogP contribution in [0.4, 0.5) is 0 Å². The van der Waals surface area contributed by atoms with Gasteiger partial charge in [-0.15, -0.1) is 0 Å². The summed E-state index contributed by atoms with van der Waals surface area (Å²) < 4.78 is 10.4. The van der Waals surface area contributed by atoms with E-state index in [0.29, 0.717) is 21.4 Å². The van der Waals surface area contributed by atoms with E-state index in [2.05, 4.69) is 14.7 Å². The second-order valence-electron chi connectivity index (χ2n) is 6.48. The Morgan fingerprint density at radius 1 is 1.30 bits per heavy atom. The summed E-state index contributed by atoms with van der Waals surface area (Å²) in [5.74, 6) is -0.420. The number of nitrogens with one attached hydrogen (secondary N) is 1. The third kappa shape index (κ3) is 4.35. The number of carbonyl (C=O) groups excluding carboxylic acids is 2. The van der Waals surface area contributed by atoms with Gasteiger partial charge in [0.2, 0.25) is 0 Å². The molecular weight excluding hydrogens is 424 g/mol. The number of nitrogens with two attached hydrogens (primary N) is 1. The normalized spacial score (nSPS) is 10.8. The maximum Gasteiger partial charge on any atom is 0.269 e. The van der Waals surface area contributed by atoms with Gasteiger partial charge in [-0.25, -0.2) is 9.36 Å². The van der Waals surface area contributed by atoms with Gasteiger partial charge < -0.3 is 20.9 Å². The molecule has 3 aromatic rings. The minimum Gasteiger partial charge on any atom is -0.444 e. The fourth-order valence-electron chi connectivity index (χ4n) is 2.92. The van der Waals surface area contributed by atoms with Gasteiger partial charge in [0.1, 0.15) is 11.4 Å². The number of aliphatic hydroxyl groups is 1. The van der Waals surface area contributed by atoms with Crippen LogP contribution in [0.1, 0.15) is 43.9 Å². The molecule has 0 saturated heterocycles. The van der Waals surface area contributed by atoms with Crippen molar-refractivity contribution >= 4 is 34.7 Å². The maximum atomic E-state index is 12.0. The highest BCUT2D eigenvalue weighted by Crippen LogP contribution is 2.47. The lowest BCUT2D eigenvalue weighted by molar-refractivity contribution is 0.0938. The molecule has 0 atom stereocenters. The molecule has 0 bridgehead atoms. The van der Waals surface area contributed by atoms with E-state index < -0.39 is 5.91 Å². The predicted octanol–water partition coefficient (Wildman–Crippen LogP) is 3.06. The van der Waals surface area contributed by atoms with Crippen molar-refractivity contribution in [3.8, 4) is 21.3 Å². The fourth-order valence-corrected chi connectivity index (χ4v) is 4.95. The molecule has 0 fully saturated rings. The zero-order valence-electron chi connectivity index (χ0n) is 16.8. The molecule has 30 heavy (non-hydrogen) atoms. The van der Waals surface area contributed by atoms with Crippen molar-refractivity contribution in [2.24, 2.45) is 5.73 Å². The number of thiophene rings is 1. The van der Waals surface area contributed by atoms with Crippen LogP contribution in [-0.2, 0) is 6.42 Å². The van der Waals surface area contributed by atoms with E-state index in [0.717, 1.165) is 28.0 Å². The largest absolute Gasteiger partial charge is 0.444 e. The van der Waals surface area contributed by atoms with Crippen molar-refractivity contribution in [1.29, 1.82) is 0 Å². The second-order valence-corrected chi connectivity index (χ2v) is 8.26. The summed E-state index contributed by atoms with van der Waals surface area (Å²) in [5, 5.41) is 11.9. The van der Waals surface area contributed by atoms with Gasteiger partial charge in [-0.1, -0.05) is 18.3 Å². The number of carbonyl (C=O) groups is 2. The van der Waals surface area contributed by atoms with Crippen molar-refractivity contribution < 1.29 is 19.4 Å². The first-order valence-corrected chi connectivity index (χ1v) is 10.9. The van der Waals surface area contributed by atoms with Crippen LogP contribution in [0.3, 0.4) is 0 Å². The van der Waals surface area contributed by atoms with Gasteiger partial charge in [-0.2, -0.15) is 0 Å². The first-order chi connectivity index (χ1) is 14.4. The number of hydrogen-bond acceptors (Lipinski definition) is 8. The van der Waals surface area contributed by atoms with Crippen LogP contribution in [0.2, 0.25) is 0 Å². The van der Waals surface area contributed by atoms with Crippen molar-refractivity contribution in [3.63, 3.8) is 0 Å². The number of aromatic nitrogens is 2. The molecule has 0 aliphatic carbocycles. The van der Waals surface area contributed by atoms with Crippen LogP contribution < -0.4 is 15.8 Å². The Morgan fingerprint density at radius 2 is 2.07 bits per heavy atom. The Labute approximate surface area is 181 Å². The SMILES string of the molecule is CCc1cnsc1-c1c(Oc2ccc(C(=O)NCCO)nc2C)sc(C(N)=O)c1C. The van der Waals surface area contributed by atoms with E-state index in [1.54, 1.807) is 19.1 Å². The van der Waals surface area contributed by atoms with Crippen LogP contribution in [-0.4, -0.2) is 39.4 Å². The quantitative estimate of drug-likeness (QED) is 0.488. The summed E-state index contributed by atoms with van der Waals surface area (Å²) in [6.45, 7) is 5.63. The highest BCUT2D eigenvalue weighted by molar-refractivity contribution is 7.17. The summed E-state index contributed by atoms with van der Waals surface area (Å²) in [4.78, 5) is 29.6. The number of pyridine rings is 1. The van der Waals surface area contributed by atoms with Gasteiger partial charge in [0.15, 0.2) is 5.06 Å². The van der Waals surface area contributed by atoms with Crippen molar-refractivity contribution in [1.82, 2.24) is 14.7 Å². The van der Waals surface area contributed by atoms with E-state index in [-0.39, 0.29) is 24.8 Å². The molecule has 158 valence electrons. The topological polar surface area (TPSA) is 127 Å². The van der Waals surface area contributed by atoms with Crippen LogP contribution in [0.25, 0.3) is 10.4 Å². The zero-order valence-corrected chi connectivity index (χ0v) is 18.4. The smallest absolute Gasteiger partial charge is 0.269 e. The average Bonchev–Trinajstić information content (AvgIpc) is 3.31. The van der Waals surface area contributed by atoms with E-state index in [1.807, 2.05) is 20.0 Å². The Bertz CT molecular complexity index is 1090. The summed E-state index contributed by atoms with van der Waals surface area (Å²) >= 11 is 2.53. The fraction of sp³-hybridized carbons (Fsp3) is 0.300. The Kier molecular flexibility index (Phi) is 6.80. The molecule has 0 aromatic carbocycles. The van der Waals surface area contributed by atoms with Crippen LogP contribution in [0.5, 0.6) is 10.8 Å². The van der Waals surface area contributed by atoms with Crippen molar-refractivity contribution in [2.45, 2.75) is 27.2 Å². The molecule has 10 heteroatoms. The molecule has 0 saturated carbocycles. The lowest BCUT2D eigenvalue weighted by Gasteiger charge is -2.10. The summed E-state index contributed by atoms with van der Waals surface area (Å²) in [6.07, 6.45) is 2.61. The number of aryl methyl sites for hydroxylation is 2. The molecule has 0 spiro atoms. The first kappa shape index (κ1) is 21.9. The number of primary amides is 1. The Morgan fingerprint density at radius 3 is 2.70 bits per heavy atom. The van der Waals surface area contributed by atoms with Gasteiger partial charge in [0.05, 0.1) is 27.6 Å². The number of rotatable bonds is 8. The third-order valence-electron chi connectivity index (χ3n) is 4.46. The van der Waals surface area contributed by atoms with E-state index in [9.17, 15) is 9.59 Å². The van der Waals surface area contributed by atoms with Gasteiger partial charge in [-0.05, 0) is 55.1 Å². The number of nitrogens with zero attached hydrogens (tertiary/aromatic N) is 2. The minimum atomic E-state index is -0.512. The minimum absolute atomic E-state index is 0.147. The molecule has 0 aliphatic heterocycles. The highest BCUT2D eigenvalue weighted by Gasteiger charge is 2.25. The van der Waals surface area contributed by atoms with Crippen LogP contribution in [0.15, 0.2) is 18.3 Å². The summed E-state index contributed by atoms with van der Waals surface area (Å²) in [7, 11) is 0. The Hall–Kier alpha value is -2.82. The second kappa shape index (κ2) is 9.33. The molecule has 0 radical (unpaired) electrons. The highest BCUT2D eigenvalue weighted by atomic mass is 32.1.